The van der Waals surface area contributed by atoms with Gasteiger partial charge >= 0.3 is 11.5 Å². The molecule has 1 atom stereocenters. The molecule has 0 aliphatic carbocycles. The highest BCUT2D eigenvalue weighted by atomic mass is 16.5. The number of hydrogen-bond acceptors (Lipinski definition) is 4. The van der Waals surface area contributed by atoms with Crippen LogP contribution >= 0.6 is 0 Å². The number of carbonyl (C=O) groups is 1. The molecule has 0 bridgehead atoms. The van der Waals surface area contributed by atoms with Crippen molar-refractivity contribution in [2.24, 2.45) is 0 Å². The second-order valence-corrected chi connectivity index (χ2v) is 3.67. The van der Waals surface area contributed by atoms with Crippen LogP contribution in [-0.4, -0.2) is 28.4 Å². The van der Waals surface area contributed by atoms with Gasteiger partial charge in [-0.15, -0.1) is 6.58 Å². The first-order chi connectivity index (χ1) is 8.60. The highest BCUT2D eigenvalue weighted by molar-refractivity contribution is 5.88. The molecule has 0 saturated heterocycles. The Labute approximate surface area is 105 Å². The zero-order valence-corrected chi connectivity index (χ0v) is 9.96. The lowest BCUT2D eigenvalue weighted by molar-refractivity contribution is 0.0600. The summed E-state index contributed by atoms with van der Waals surface area (Å²) in [5.41, 5.74) is -0.950. The molecular weight excluding hydrogens is 232 g/mol. The van der Waals surface area contributed by atoms with E-state index in [0.717, 1.165) is 0 Å². The van der Waals surface area contributed by atoms with Crippen molar-refractivity contribution in [3.63, 3.8) is 0 Å². The zero-order chi connectivity index (χ0) is 13.6. The van der Waals surface area contributed by atoms with Gasteiger partial charge in [-0.2, -0.15) is 10.4 Å². The topological polar surface area (TPSA) is 72.3 Å². The maximum absolute atomic E-state index is 11.2. The zero-order valence-electron chi connectivity index (χ0n) is 9.96. The lowest BCUT2D eigenvalue weighted by Gasteiger charge is -2.11. The molecule has 0 aliphatic heterocycles. The van der Waals surface area contributed by atoms with Crippen molar-refractivity contribution in [1.82, 2.24) is 9.78 Å². The van der Waals surface area contributed by atoms with Gasteiger partial charge in [-0.3, -0.25) is 9.53 Å². The van der Waals surface area contributed by atoms with E-state index < -0.39 is 11.5 Å². The van der Waals surface area contributed by atoms with Gasteiger partial charge in [-0.05, 0) is 0 Å². The van der Waals surface area contributed by atoms with Crippen LogP contribution in [0, 0.1) is 17.9 Å². The summed E-state index contributed by atoms with van der Waals surface area (Å²) < 4.78 is 5.93. The molecule has 18 heavy (non-hydrogen) atoms. The van der Waals surface area contributed by atoms with E-state index in [2.05, 4.69) is 21.3 Å². The van der Waals surface area contributed by atoms with Crippen molar-refractivity contribution in [3.05, 3.63) is 42.0 Å². The summed E-state index contributed by atoms with van der Waals surface area (Å²) in [4.78, 5) is 14.6. The lowest BCUT2D eigenvalue weighted by Crippen LogP contribution is -2.28. The second kappa shape index (κ2) is 5.65. The number of rotatable bonds is 5. The van der Waals surface area contributed by atoms with E-state index in [-0.39, 0.29) is 18.5 Å². The van der Waals surface area contributed by atoms with E-state index in [4.69, 9.17) is 11.8 Å². The average molecular weight is 244 g/mol. The Morgan fingerprint density at radius 2 is 2.61 bits per heavy atom. The van der Waals surface area contributed by atoms with Crippen LogP contribution in [0.25, 0.3) is 4.85 Å². The average Bonchev–Trinajstić information content (AvgIpc) is 2.85. The van der Waals surface area contributed by atoms with Crippen LogP contribution in [0.15, 0.2) is 25.0 Å². The van der Waals surface area contributed by atoms with E-state index in [1.54, 1.807) is 0 Å². The first-order valence-corrected chi connectivity index (χ1v) is 5.12. The Kier molecular flexibility index (Phi) is 4.22. The normalized spacial score (nSPS) is 12.8. The quantitative estimate of drug-likeness (QED) is 0.446. The summed E-state index contributed by atoms with van der Waals surface area (Å²) in [6.07, 6.45) is 4.55. The summed E-state index contributed by atoms with van der Waals surface area (Å²) >= 11 is 0. The molecule has 0 spiro atoms. The van der Waals surface area contributed by atoms with Gasteiger partial charge in [-0.1, -0.05) is 6.08 Å². The number of hydrogen-bond donors (Lipinski definition) is 0. The molecule has 0 amide bonds. The van der Waals surface area contributed by atoms with Crippen LogP contribution in [0.5, 0.6) is 0 Å². The third kappa shape index (κ3) is 2.74. The molecule has 1 aromatic rings. The smallest absolute Gasteiger partial charge is 0.341 e. The fourth-order valence-electron chi connectivity index (χ4n) is 1.43. The minimum Gasteiger partial charge on any atom is -0.465 e. The molecule has 6 nitrogen and oxygen atoms in total. The summed E-state index contributed by atoms with van der Waals surface area (Å²) in [6, 6.07) is 1.96. The first kappa shape index (κ1) is 13.5. The van der Waals surface area contributed by atoms with Gasteiger partial charge in [-0.25, -0.2) is 11.4 Å². The van der Waals surface area contributed by atoms with Gasteiger partial charge in [0.1, 0.15) is 6.54 Å². The fourth-order valence-corrected chi connectivity index (χ4v) is 1.43. The van der Waals surface area contributed by atoms with Crippen molar-refractivity contribution in [2.45, 2.75) is 18.5 Å². The molecule has 0 radical (unpaired) electrons. The molecule has 0 aliphatic rings. The number of carbonyl (C=O) groups excluding carboxylic acids is 1. The summed E-state index contributed by atoms with van der Waals surface area (Å²) in [5.74, 6) is -0.504. The van der Waals surface area contributed by atoms with E-state index in [1.807, 2.05) is 6.07 Å². The third-order valence-electron chi connectivity index (χ3n) is 2.38. The third-order valence-corrected chi connectivity index (χ3v) is 2.38. The Morgan fingerprint density at radius 1 is 1.89 bits per heavy atom. The van der Waals surface area contributed by atoms with Crippen molar-refractivity contribution in [3.8, 4) is 6.07 Å². The molecule has 0 N–H and O–H groups in total. The molecule has 1 rings (SSSR count). The maximum atomic E-state index is 11.2. The standard InChI is InChI=1S/C12H12N4O2/c1-4-5-12(8-13,14-2)9-16-7-10(6-15-16)11(17)18-3/h4,6-7H,1,5,9H2,3H3. The lowest BCUT2D eigenvalue weighted by atomic mass is 9.98. The summed E-state index contributed by atoms with van der Waals surface area (Å²) in [6.45, 7) is 10.7. The minimum atomic E-state index is -1.23. The Bertz CT molecular complexity index is 519. The first-order valence-electron chi connectivity index (χ1n) is 5.12. The Morgan fingerprint density at radius 3 is 3.11 bits per heavy atom. The van der Waals surface area contributed by atoms with Crippen LogP contribution in [0.1, 0.15) is 16.8 Å². The summed E-state index contributed by atoms with van der Waals surface area (Å²) in [5, 5.41) is 13.0. The van der Waals surface area contributed by atoms with Crippen molar-refractivity contribution >= 4 is 5.97 Å². The van der Waals surface area contributed by atoms with Crippen LogP contribution in [0.4, 0.5) is 0 Å². The highest BCUT2D eigenvalue weighted by Crippen LogP contribution is 2.18. The van der Waals surface area contributed by atoms with Gasteiger partial charge in [0.15, 0.2) is 6.07 Å². The molecule has 0 saturated carbocycles. The van der Waals surface area contributed by atoms with Crippen LogP contribution < -0.4 is 0 Å². The fraction of sp³-hybridized carbons (Fsp3) is 0.333. The predicted octanol–water partition coefficient (Wildman–Crippen LogP) is 1.43. The second-order valence-electron chi connectivity index (χ2n) is 3.67. The van der Waals surface area contributed by atoms with Crippen molar-refractivity contribution < 1.29 is 9.53 Å². The van der Waals surface area contributed by atoms with E-state index in [9.17, 15) is 4.79 Å². The SMILES string of the molecule is [C-]#[N+]C(C#N)(CC=C)Cn1cc(C(=O)OC)cn1. The largest absolute Gasteiger partial charge is 0.465 e. The van der Waals surface area contributed by atoms with Crippen LogP contribution in [0.3, 0.4) is 0 Å². The number of nitrogens with zero attached hydrogens (tertiary/aromatic N) is 4. The number of methoxy groups -OCH3 is 1. The van der Waals surface area contributed by atoms with Gasteiger partial charge in [0.2, 0.25) is 0 Å². The molecule has 1 aromatic heterocycles. The van der Waals surface area contributed by atoms with E-state index >= 15 is 0 Å². The minimum absolute atomic E-state index is 0.0794. The van der Waals surface area contributed by atoms with E-state index in [0.29, 0.717) is 0 Å². The number of nitriles is 1. The Hall–Kier alpha value is -2.60. The molecular formula is C12H12N4O2. The van der Waals surface area contributed by atoms with Gasteiger partial charge < -0.3 is 4.74 Å². The molecule has 1 heterocycles. The molecule has 92 valence electrons. The van der Waals surface area contributed by atoms with Crippen LogP contribution in [0.2, 0.25) is 0 Å². The number of esters is 1. The number of aromatic nitrogens is 2. The van der Waals surface area contributed by atoms with Gasteiger partial charge in [0.05, 0.1) is 25.3 Å². The maximum Gasteiger partial charge on any atom is 0.341 e. The van der Waals surface area contributed by atoms with E-state index in [1.165, 1.54) is 30.3 Å². The Balaban J connectivity index is 2.93. The van der Waals surface area contributed by atoms with Gasteiger partial charge in [0.25, 0.3) is 0 Å². The highest BCUT2D eigenvalue weighted by Gasteiger charge is 2.36. The molecule has 6 heteroatoms. The van der Waals surface area contributed by atoms with Gasteiger partial charge in [0, 0.05) is 6.20 Å². The van der Waals surface area contributed by atoms with Crippen molar-refractivity contribution in [1.29, 1.82) is 5.26 Å². The predicted molar refractivity (Wildman–Crippen MR) is 63.3 cm³/mol. The molecule has 0 aromatic carbocycles. The summed E-state index contributed by atoms with van der Waals surface area (Å²) in [7, 11) is 1.27. The monoisotopic (exact) mass is 244 g/mol. The molecule has 1 unspecified atom stereocenters. The van der Waals surface area contributed by atoms with Crippen LogP contribution in [-0.2, 0) is 11.3 Å². The van der Waals surface area contributed by atoms with Crippen molar-refractivity contribution in [2.75, 3.05) is 7.11 Å². The molecule has 0 fully saturated rings. The number of ether oxygens (including phenoxy) is 1.